The molecule has 0 bridgehead atoms. The molecule has 13 heavy (non-hydrogen) atoms. The third-order valence-electron chi connectivity index (χ3n) is 2.17. The van der Waals surface area contributed by atoms with E-state index in [2.05, 4.69) is 43.1 Å². The van der Waals surface area contributed by atoms with E-state index in [1.54, 1.807) is 0 Å². The first-order valence-corrected chi connectivity index (χ1v) is 5.69. The summed E-state index contributed by atoms with van der Waals surface area (Å²) in [6.07, 6.45) is 0. The fourth-order valence-electron chi connectivity index (χ4n) is 1.36. The van der Waals surface area contributed by atoms with Crippen molar-refractivity contribution < 1.29 is 0 Å². The van der Waals surface area contributed by atoms with Gasteiger partial charge in [0.15, 0.2) is 0 Å². The zero-order valence-electron chi connectivity index (χ0n) is 7.57. The summed E-state index contributed by atoms with van der Waals surface area (Å²) in [4.78, 5) is 0. The largest absolute Gasteiger partial charge is 0.395 e. The predicted molar refractivity (Wildman–Crippen MR) is 59.6 cm³/mol. The van der Waals surface area contributed by atoms with Gasteiger partial charge in [0, 0.05) is 0 Å². The molecule has 0 saturated carbocycles. The van der Waals surface area contributed by atoms with Crippen LogP contribution in [0.25, 0.3) is 5.30 Å². The van der Waals surface area contributed by atoms with Crippen LogP contribution in [0.3, 0.4) is 0 Å². The number of anilines is 1. The van der Waals surface area contributed by atoms with Crippen LogP contribution in [0.15, 0.2) is 42.2 Å². The molecule has 1 atom stereocenters. The number of hydrogen-bond acceptors (Lipinski definition) is 1. The third kappa shape index (κ3) is 1.48. The zero-order chi connectivity index (χ0) is 9.26. The molecule has 1 unspecified atom stereocenters. The van der Waals surface area contributed by atoms with E-state index in [0.29, 0.717) is 0 Å². The Kier molecular flexibility index (Phi) is 2.12. The first-order chi connectivity index (χ1) is 6.29. The molecule has 66 valence electrons. The lowest BCUT2D eigenvalue weighted by Gasteiger charge is -2.01. The van der Waals surface area contributed by atoms with E-state index in [0.717, 1.165) is 5.42 Å². The predicted octanol–water partition coefficient (Wildman–Crippen LogP) is 3.55. The Hall–Kier alpha value is -1.20. The molecule has 2 aromatic rings. The first kappa shape index (κ1) is 8.40. The minimum Gasteiger partial charge on any atom is -0.395 e. The Morgan fingerprint density at radius 2 is 1.77 bits per heavy atom. The van der Waals surface area contributed by atoms with Gasteiger partial charge in [0.25, 0.3) is 0 Å². The van der Waals surface area contributed by atoms with Crippen LogP contribution in [0.5, 0.6) is 0 Å². The minimum atomic E-state index is -0.364. The lowest BCUT2D eigenvalue weighted by molar-refractivity contribution is 1.55. The van der Waals surface area contributed by atoms with Gasteiger partial charge in [-0.1, -0.05) is 43.9 Å². The zero-order valence-corrected chi connectivity index (χ0v) is 8.46. The number of nitrogens with two attached hydrogens (primary N) is 1. The summed E-state index contributed by atoms with van der Waals surface area (Å²) in [6, 6.07) is 12.6. The number of nitrogen functional groups attached to an aromatic ring is 1. The van der Waals surface area contributed by atoms with E-state index in [-0.39, 0.29) is 7.53 Å². The summed E-state index contributed by atoms with van der Waals surface area (Å²) in [5.74, 6) is 2.22. The van der Waals surface area contributed by atoms with E-state index in [4.69, 9.17) is 5.73 Å². The van der Waals surface area contributed by atoms with E-state index in [1.807, 2.05) is 6.07 Å². The maximum Gasteiger partial charge on any atom is 0.0584 e. The van der Waals surface area contributed by atoms with Gasteiger partial charge in [-0.05, 0) is 23.6 Å². The summed E-state index contributed by atoms with van der Waals surface area (Å²) in [5, 5.41) is 1.34. The average molecular weight is 189 g/mol. The van der Waals surface area contributed by atoms with Crippen LogP contribution in [0.4, 0.5) is 5.42 Å². The van der Waals surface area contributed by atoms with Gasteiger partial charge >= 0.3 is 0 Å². The van der Waals surface area contributed by atoms with Crippen LogP contribution in [-0.4, -0.2) is 0 Å². The summed E-state index contributed by atoms with van der Waals surface area (Å²) in [5.41, 5.74) is 8.26. The first-order valence-electron chi connectivity index (χ1n) is 4.28. The standard InChI is InChI=1S/C11H12NP/c1-9-7-8-13(11(9)12)10-5-3-2-4-6-10/h2-8H,12H2,1H3. The average Bonchev–Trinajstić information content (AvgIpc) is 2.49. The van der Waals surface area contributed by atoms with Crippen LogP contribution in [0.2, 0.25) is 0 Å². The molecule has 0 aliphatic rings. The Morgan fingerprint density at radius 3 is 2.31 bits per heavy atom. The molecule has 1 heterocycles. The Labute approximate surface area is 79.3 Å². The molecule has 0 fully saturated rings. The second-order valence-electron chi connectivity index (χ2n) is 3.09. The second kappa shape index (κ2) is 3.27. The van der Waals surface area contributed by atoms with Gasteiger partial charge < -0.3 is 5.73 Å². The molecule has 2 heteroatoms. The van der Waals surface area contributed by atoms with Gasteiger partial charge in [0.1, 0.15) is 0 Å². The lowest BCUT2D eigenvalue weighted by Crippen LogP contribution is -1.81. The van der Waals surface area contributed by atoms with Crippen LogP contribution >= 0.6 is 7.53 Å². The second-order valence-corrected chi connectivity index (χ2v) is 5.13. The van der Waals surface area contributed by atoms with Crippen molar-refractivity contribution in [2.45, 2.75) is 6.92 Å². The lowest BCUT2D eigenvalue weighted by atomic mass is 10.4. The summed E-state index contributed by atoms with van der Waals surface area (Å²) >= 11 is 0. The molecule has 2 rings (SSSR count). The van der Waals surface area contributed by atoms with Crippen molar-refractivity contribution in [3.8, 4) is 5.30 Å². The molecular formula is C11H12NP. The van der Waals surface area contributed by atoms with E-state index >= 15 is 0 Å². The molecule has 1 aromatic carbocycles. The van der Waals surface area contributed by atoms with Gasteiger partial charge in [-0.15, -0.1) is 0 Å². The van der Waals surface area contributed by atoms with Gasteiger partial charge in [-0.2, -0.15) is 0 Å². The normalized spacial score (nSPS) is 11.6. The van der Waals surface area contributed by atoms with Crippen molar-refractivity contribution >= 4 is 13.0 Å². The van der Waals surface area contributed by atoms with Gasteiger partial charge in [0.05, 0.1) is 5.42 Å². The van der Waals surface area contributed by atoms with Crippen molar-refractivity contribution in [3.05, 3.63) is 47.8 Å². The summed E-state index contributed by atoms with van der Waals surface area (Å²) < 4.78 is 0. The molecule has 1 nitrogen and oxygen atoms in total. The van der Waals surface area contributed by atoms with Crippen LogP contribution in [0.1, 0.15) is 5.56 Å². The number of aryl methyl sites for hydroxylation is 1. The quantitative estimate of drug-likeness (QED) is 0.729. The van der Waals surface area contributed by atoms with E-state index in [1.165, 1.54) is 10.9 Å². The van der Waals surface area contributed by atoms with E-state index < -0.39 is 0 Å². The molecule has 2 N–H and O–H groups in total. The van der Waals surface area contributed by atoms with Crippen molar-refractivity contribution in [2.24, 2.45) is 0 Å². The van der Waals surface area contributed by atoms with Crippen LogP contribution < -0.4 is 5.73 Å². The molecule has 0 spiro atoms. The molecule has 0 saturated heterocycles. The van der Waals surface area contributed by atoms with Crippen molar-refractivity contribution in [1.29, 1.82) is 0 Å². The number of rotatable bonds is 1. The Bertz CT molecular complexity index is 403. The molecule has 0 aliphatic heterocycles. The maximum absolute atomic E-state index is 6.00. The highest BCUT2D eigenvalue weighted by molar-refractivity contribution is 7.60. The van der Waals surface area contributed by atoms with Crippen LogP contribution in [-0.2, 0) is 0 Å². The molecule has 0 radical (unpaired) electrons. The highest BCUT2D eigenvalue weighted by Crippen LogP contribution is 2.47. The van der Waals surface area contributed by atoms with Gasteiger partial charge in [-0.25, -0.2) is 0 Å². The van der Waals surface area contributed by atoms with E-state index in [9.17, 15) is 0 Å². The fraction of sp³-hybridized carbons (Fsp3) is 0.0909. The van der Waals surface area contributed by atoms with Crippen molar-refractivity contribution in [1.82, 2.24) is 0 Å². The van der Waals surface area contributed by atoms with Crippen molar-refractivity contribution in [3.63, 3.8) is 0 Å². The number of benzene rings is 1. The maximum atomic E-state index is 6.00. The summed E-state index contributed by atoms with van der Waals surface area (Å²) in [6.45, 7) is 2.07. The van der Waals surface area contributed by atoms with Gasteiger partial charge in [0.2, 0.25) is 0 Å². The SMILES string of the molecule is Cc1ccp(-c2ccccc2)c1N. The molecule has 0 amide bonds. The Balaban J connectivity index is 2.53. The molecular weight excluding hydrogens is 177 g/mol. The summed E-state index contributed by atoms with van der Waals surface area (Å²) in [7, 11) is -0.364. The van der Waals surface area contributed by atoms with Crippen molar-refractivity contribution in [2.75, 3.05) is 5.73 Å². The highest BCUT2D eigenvalue weighted by atomic mass is 31.1. The minimum absolute atomic E-state index is 0.364. The highest BCUT2D eigenvalue weighted by Gasteiger charge is 2.03. The Morgan fingerprint density at radius 1 is 1.08 bits per heavy atom. The smallest absolute Gasteiger partial charge is 0.0584 e. The molecule has 1 aromatic heterocycles. The topological polar surface area (TPSA) is 26.0 Å². The third-order valence-corrected chi connectivity index (χ3v) is 4.35. The molecule has 0 aliphatic carbocycles. The number of hydrogen-bond donors (Lipinski definition) is 1. The fourth-order valence-corrected chi connectivity index (χ4v) is 3.29. The van der Waals surface area contributed by atoms with Crippen LogP contribution in [0, 0.1) is 6.92 Å². The van der Waals surface area contributed by atoms with Gasteiger partial charge in [-0.3, -0.25) is 0 Å². The monoisotopic (exact) mass is 189 g/mol.